The summed E-state index contributed by atoms with van der Waals surface area (Å²) in [5.41, 5.74) is 0.990. The van der Waals surface area contributed by atoms with Gasteiger partial charge in [0.2, 0.25) is 5.91 Å². The highest BCUT2D eigenvalue weighted by molar-refractivity contribution is 5.77. The lowest BCUT2D eigenvalue weighted by molar-refractivity contribution is -0.122. The van der Waals surface area contributed by atoms with Crippen LogP contribution in [0.4, 0.5) is 4.79 Å². The van der Waals surface area contributed by atoms with Gasteiger partial charge >= 0.3 is 6.03 Å². The number of nitrogens with zero attached hydrogens (tertiary/aromatic N) is 3. The Hall–Kier alpha value is -2.05. The zero-order valence-corrected chi connectivity index (χ0v) is 14.9. The number of nitrogens with one attached hydrogen (secondary N) is 2. The molecule has 0 saturated carbocycles. The molecule has 0 bridgehead atoms. The van der Waals surface area contributed by atoms with Crippen LogP contribution >= 0.6 is 0 Å². The molecule has 2 rings (SSSR count). The van der Waals surface area contributed by atoms with Gasteiger partial charge in [0.25, 0.3) is 0 Å². The van der Waals surface area contributed by atoms with Crippen molar-refractivity contribution >= 4 is 11.9 Å². The summed E-state index contributed by atoms with van der Waals surface area (Å²) >= 11 is 0. The van der Waals surface area contributed by atoms with Crippen LogP contribution in [0, 0.1) is 11.8 Å². The van der Waals surface area contributed by atoms with E-state index >= 15 is 0 Å². The number of hydrogen-bond acceptors (Lipinski definition) is 3. The van der Waals surface area contributed by atoms with Gasteiger partial charge in [-0.05, 0) is 24.7 Å². The lowest BCUT2D eigenvalue weighted by Crippen LogP contribution is -2.47. The van der Waals surface area contributed by atoms with E-state index in [-0.39, 0.29) is 17.9 Å². The van der Waals surface area contributed by atoms with E-state index < -0.39 is 0 Å². The number of piperidine rings is 1. The maximum absolute atomic E-state index is 12.2. The number of amides is 3. The first-order valence-corrected chi connectivity index (χ1v) is 8.71. The highest BCUT2D eigenvalue weighted by Crippen LogP contribution is 2.19. The predicted molar refractivity (Wildman–Crippen MR) is 92.2 cm³/mol. The van der Waals surface area contributed by atoms with Crippen molar-refractivity contribution in [1.82, 2.24) is 25.3 Å². The van der Waals surface area contributed by atoms with Crippen molar-refractivity contribution in [3.63, 3.8) is 0 Å². The van der Waals surface area contributed by atoms with E-state index in [1.54, 1.807) is 10.9 Å². The average Bonchev–Trinajstić information content (AvgIpc) is 2.96. The van der Waals surface area contributed by atoms with Gasteiger partial charge in [0.1, 0.15) is 0 Å². The number of likely N-dealkylation sites (tertiary alicyclic amines) is 1. The van der Waals surface area contributed by atoms with E-state index in [0.29, 0.717) is 32.0 Å². The molecule has 7 nitrogen and oxygen atoms in total. The molecule has 1 saturated heterocycles. The number of urea groups is 1. The van der Waals surface area contributed by atoms with Crippen LogP contribution in [-0.2, 0) is 18.4 Å². The van der Waals surface area contributed by atoms with Crippen LogP contribution in [0.2, 0.25) is 0 Å². The van der Waals surface area contributed by atoms with E-state index in [1.807, 2.05) is 18.1 Å². The molecule has 1 aliphatic heterocycles. The Labute approximate surface area is 143 Å². The molecule has 2 heterocycles. The Kier molecular flexibility index (Phi) is 6.63. The number of aromatic nitrogens is 2. The van der Waals surface area contributed by atoms with Crippen LogP contribution in [0.3, 0.4) is 0 Å². The summed E-state index contributed by atoms with van der Waals surface area (Å²) in [6.07, 6.45) is 6.06. The topological polar surface area (TPSA) is 79.3 Å². The Morgan fingerprint density at radius 2 is 2.17 bits per heavy atom. The second-order valence-electron chi connectivity index (χ2n) is 7.04. The summed E-state index contributed by atoms with van der Waals surface area (Å²) in [6, 6.07) is -0.0100. The molecule has 0 aromatic carbocycles. The van der Waals surface area contributed by atoms with Crippen molar-refractivity contribution in [2.75, 3.05) is 19.6 Å². The highest BCUT2D eigenvalue weighted by Gasteiger charge is 2.25. The minimum Gasteiger partial charge on any atom is -0.352 e. The summed E-state index contributed by atoms with van der Waals surface area (Å²) in [4.78, 5) is 26.1. The Balaban J connectivity index is 1.73. The molecule has 0 radical (unpaired) electrons. The molecule has 0 unspecified atom stereocenters. The highest BCUT2D eigenvalue weighted by atomic mass is 16.2. The van der Waals surface area contributed by atoms with E-state index in [1.165, 1.54) is 0 Å². The van der Waals surface area contributed by atoms with Gasteiger partial charge in [-0.1, -0.05) is 13.8 Å². The van der Waals surface area contributed by atoms with Gasteiger partial charge in [0.05, 0.1) is 6.20 Å². The Morgan fingerprint density at radius 3 is 2.83 bits per heavy atom. The van der Waals surface area contributed by atoms with Crippen LogP contribution in [0.5, 0.6) is 0 Å². The molecule has 1 aliphatic rings. The number of hydrogen-bond donors (Lipinski definition) is 2. The van der Waals surface area contributed by atoms with Crippen molar-refractivity contribution in [3.05, 3.63) is 18.0 Å². The third kappa shape index (κ3) is 5.86. The van der Waals surface area contributed by atoms with Gasteiger partial charge in [0, 0.05) is 51.4 Å². The molecule has 7 heteroatoms. The molecule has 0 aliphatic carbocycles. The summed E-state index contributed by atoms with van der Waals surface area (Å²) in [6.45, 7) is 6.77. The number of aryl methyl sites for hydroxylation is 1. The Morgan fingerprint density at radius 1 is 1.38 bits per heavy atom. The zero-order chi connectivity index (χ0) is 17.5. The molecular formula is C17H29N5O2. The fraction of sp³-hybridized carbons (Fsp3) is 0.706. The normalized spacial score (nSPS) is 17.8. The quantitative estimate of drug-likeness (QED) is 0.827. The molecule has 0 spiro atoms. The SMILES string of the molecule is CC(C)CNC(=O)N1CCC[C@@H](CC(=O)NCc2cnn(C)c2)C1. The predicted octanol–water partition coefficient (Wildman–Crippen LogP) is 1.50. The average molecular weight is 335 g/mol. The van der Waals surface area contributed by atoms with Crippen LogP contribution in [0.1, 0.15) is 38.7 Å². The molecule has 134 valence electrons. The van der Waals surface area contributed by atoms with Crippen molar-refractivity contribution < 1.29 is 9.59 Å². The molecule has 1 atom stereocenters. The second-order valence-corrected chi connectivity index (χ2v) is 7.04. The monoisotopic (exact) mass is 335 g/mol. The third-order valence-corrected chi connectivity index (χ3v) is 4.19. The van der Waals surface area contributed by atoms with Gasteiger partial charge in [-0.15, -0.1) is 0 Å². The molecule has 1 aromatic heterocycles. The van der Waals surface area contributed by atoms with Gasteiger partial charge in [0.15, 0.2) is 0 Å². The minimum absolute atomic E-state index is 0.0100. The van der Waals surface area contributed by atoms with E-state index in [9.17, 15) is 9.59 Å². The van der Waals surface area contributed by atoms with E-state index in [0.717, 1.165) is 24.9 Å². The second kappa shape index (κ2) is 8.70. The zero-order valence-electron chi connectivity index (χ0n) is 14.9. The molecule has 1 aromatic rings. The van der Waals surface area contributed by atoms with Crippen molar-refractivity contribution in [2.45, 2.75) is 39.7 Å². The maximum atomic E-state index is 12.2. The molecule has 1 fully saturated rings. The first-order valence-electron chi connectivity index (χ1n) is 8.71. The fourth-order valence-electron chi connectivity index (χ4n) is 2.92. The first kappa shape index (κ1) is 18.3. The van der Waals surface area contributed by atoms with E-state index in [4.69, 9.17) is 0 Å². The van der Waals surface area contributed by atoms with Crippen molar-refractivity contribution in [2.24, 2.45) is 18.9 Å². The smallest absolute Gasteiger partial charge is 0.317 e. The fourth-order valence-corrected chi connectivity index (χ4v) is 2.92. The summed E-state index contributed by atoms with van der Waals surface area (Å²) in [5, 5.41) is 9.97. The third-order valence-electron chi connectivity index (χ3n) is 4.19. The van der Waals surface area contributed by atoms with Crippen molar-refractivity contribution in [3.8, 4) is 0 Å². The first-order chi connectivity index (χ1) is 11.4. The van der Waals surface area contributed by atoms with Crippen molar-refractivity contribution in [1.29, 1.82) is 0 Å². The van der Waals surface area contributed by atoms with Gasteiger partial charge in [-0.25, -0.2) is 4.79 Å². The molecule has 24 heavy (non-hydrogen) atoms. The van der Waals surface area contributed by atoms with Gasteiger partial charge in [-0.3, -0.25) is 9.48 Å². The number of carbonyl (C=O) groups excluding carboxylic acids is 2. The lowest BCUT2D eigenvalue weighted by Gasteiger charge is -2.32. The van der Waals surface area contributed by atoms with Crippen LogP contribution in [-0.4, -0.2) is 46.3 Å². The number of carbonyl (C=O) groups is 2. The lowest BCUT2D eigenvalue weighted by atomic mass is 9.94. The standard InChI is InChI=1S/C17H29N5O2/c1-13(2)8-19-17(24)22-6-4-5-14(12-22)7-16(23)18-9-15-10-20-21(3)11-15/h10-11,13-14H,4-9,12H2,1-3H3,(H,18,23)(H,19,24)/t14-/m0/s1. The van der Waals surface area contributed by atoms with Crippen LogP contribution in [0.15, 0.2) is 12.4 Å². The number of rotatable bonds is 6. The molecular weight excluding hydrogens is 306 g/mol. The largest absolute Gasteiger partial charge is 0.352 e. The molecule has 3 amide bonds. The minimum atomic E-state index is -0.0100. The van der Waals surface area contributed by atoms with Crippen LogP contribution in [0.25, 0.3) is 0 Å². The van der Waals surface area contributed by atoms with E-state index in [2.05, 4.69) is 29.6 Å². The maximum Gasteiger partial charge on any atom is 0.317 e. The summed E-state index contributed by atoms with van der Waals surface area (Å²) in [7, 11) is 1.85. The van der Waals surface area contributed by atoms with Crippen LogP contribution < -0.4 is 10.6 Å². The molecule has 2 N–H and O–H groups in total. The van der Waals surface area contributed by atoms with Gasteiger partial charge < -0.3 is 15.5 Å². The van der Waals surface area contributed by atoms with Gasteiger partial charge in [-0.2, -0.15) is 5.10 Å². The Bertz CT molecular complexity index is 555. The summed E-state index contributed by atoms with van der Waals surface area (Å²) in [5.74, 6) is 0.707. The summed E-state index contributed by atoms with van der Waals surface area (Å²) < 4.78 is 1.72.